The summed E-state index contributed by atoms with van der Waals surface area (Å²) in [5.41, 5.74) is 1.71. The highest BCUT2D eigenvalue weighted by Crippen LogP contribution is 2.27. The van der Waals surface area contributed by atoms with Crippen LogP contribution in [0.3, 0.4) is 0 Å². The SMILES string of the molecule is CC(Sc1nc2cc(Cl)ccc2c(=O)n1Cc1ccco1)C(=O)Nc1cccc2ncccc12. The number of hydrogen-bond donors (Lipinski definition) is 1. The van der Waals surface area contributed by atoms with Gasteiger partial charge in [-0.05, 0) is 61.5 Å². The number of thioether (sulfide) groups is 1. The van der Waals surface area contributed by atoms with Crippen LogP contribution in [0.15, 0.2) is 87.5 Å². The number of rotatable bonds is 6. The molecule has 0 aliphatic rings. The number of benzene rings is 2. The fourth-order valence-electron chi connectivity index (χ4n) is 3.62. The normalized spacial score (nSPS) is 12.2. The van der Waals surface area contributed by atoms with Crippen LogP contribution in [0.2, 0.25) is 5.02 Å². The molecule has 170 valence electrons. The fourth-order valence-corrected chi connectivity index (χ4v) is 4.69. The summed E-state index contributed by atoms with van der Waals surface area (Å²) in [7, 11) is 0. The van der Waals surface area contributed by atoms with Crippen molar-refractivity contribution in [2.45, 2.75) is 23.9 Å². The van der Waals surface area contributed by atoms with Gasteiger partial charge in [-0.15, -0.1) is 0 Å². The first-order chi connectivity index (χ1) is 16.5. The van der Waals surface area contributed by atoms with Gasteiger partial charge in [-0.3, -0.25) is 19.1 Å². The summed E-state index contributed by atoms with van der Waals surface area (Å²) in [5, 5.41) is 4.61. The molecule has 1 N–H and O–H groups in total. The van der Waals surface area contributed by atoms with E-state index in [1.807, 2.05) is 30.3 Å². The molecule has 3 aromatic heterocycles. The molecule has 1 amide bonds. The first kappa shape index (κ1) is 22.2. The second-order valence-corrected chi connectivity index (χ2v) is 9.40. The Hall–Kier alpha value is -3.62. The van der Waals surface area contributed by atoms with Gasteiger partial charge < -0.3 is 9.73 Å². The molecule has 9 heteroatoms. The molecule has 7 nitrogen and oxygen atoms in total. The van der Waals surface area contributed by atoms with Crippen LogP contribution in [0, 0.1) is 0 Å². The zero-order valence-corrected chi connectivity index (χ0v) is 19.6. The smallest absolute Gasteiger partial charge is 0.262 e. The van der Waals surface area contributed by atoms with Gasteiger partial charge in [0, 0.05) is 16.6 Å². The Labute approximate surface area is 203 Å². The van der Waals surface area contributed by atoms with Crippen LogP contribution in [0.5, 0.6) is 0 Å². The highest BCUT2D eigenvalue weighted by molar-refractivity contribution is 8.00. The fraction of sp³-hybridized carbons (Fsp3) is 0.120. The van der Waals surface area contributed by atoms with Gasteiger partial charge in [-0.1, -0.05) is 29.4 Å². The predicted octanol–water partition coefficient (Wildman–Crippen LogP) is 5.36. The summed E-state index contributed by atoms with van der Waals surface area (Å²) in [4.78, 5) is 35.4. The first-order valence-corrected chi connectivity index (χ1v) is 11.8. The van der Waals surface area contributed by atoms with Gasteiger partial charge in [0.1, 0.15) is 5.76 Å². The Morgan fingerprint density at radius 2 is 2.00 bits per heavy atom. The number of hydrogen-bond acceptors (Lipinski definition) is 6. The largest absolute Gasteiger partial charge is 0.467 e. The van der Waals surface area contributed by atoms with Crippen LogP contribution in [0.4, 0.5) is 5.69 Å². The van der Waals surface area contributed by atoms with Crippen LogP contribution in [-0.4, -0.2) is 25.7 Å². The second-order valence-electron chi connectivity index (χ2n) is 7.65. The molecule has 1 atom stereocenters. The molecule has 1 unspecified atom stereocenters. The van der Waals surface area contributed by atoms with E-state index >= 15 is 0 Å². The third-order valence-corrected chi connectivity index (χ3v) is 6.66. The lowest BCUT2D eigenvalue weighted by Gasteiger charge is -2.16. The van der Waals surface area contributed by atoms with Crippen LogP contribution >= 0.6 is 23.4 Å². The Balaban J connectivity index is 1.48. The van der Waals surface area contributed by atoms with Crippen molar-refractivity contribution in [3.63, 3.8) is 0 Å². The molecule has 0 spiro atoms. The standard InChI is InChI=1S/C25H19ClN4O3S/c1-15(23(31)28-21-8-2-7-20-18(21)6-3-11-27-20)34-25-29-22-13-16(26)9-10-19(22)24(32)30(25)14-17-5-4-12-33-17/h2-13,15H,14H2,1H3,(H,28,31). The molecule has 5 rings (SSSR count). The number of fused-ring (bicyclic) bond motifs is 2. The number of anilines is 1. The zero-order valence-electron chi connectivity index (χ0n) is 18.1. The van der Waals surface area contributed by atoms with Gasteiger partial charge in [0.25, 0.3) is 5.56 Å². The summed E-state index contributed by atoms with van der Waals surface area (Å²) in [6, 6.07) is 17.8. The highest BCUT2D eigenvalue weighted by atomic mass is 35.5. The molecular formula is C25H19ClN4O3S. The minimum absolute atomic E-state index is 0.197. The van der Waals surface area contributed by atoms with E-state index in [0.29, 0.717) is 32.5 Å². The topological polar surface area (TPSA) is 90.0 Å². The number of aromatic nitrogens is 3. The minimum Gasteiger partial charge on any atom is -0.467 e. The van der Waals surface area contributed by atoms with Gasteiger partial charge in [-0.25, -0.2) is 4.98 Å². The van der Waals surface area contributed by atoms with Crippen molar-refractivity contribution in [1.82, 2.24) is 14.5 Å². The molecule has 2 aromatic carbocycles. The molecule has 0 fully saturated rings. The zero-order chi connectivity index (χ0) is 23.7. The number of nitrogens with one attached hydrogen (secondary N) is 1. The van der Waals surface area contributed by atoms with Crippen molar-refractivity contribution in [2.75, 3.05) is 5.32 Å². The van der Waals surface area contributed by atoms with E-state index < -0.39 is 5.25 Å². The number of carbonyl (C=O) groups is 1. The van der Waals surface area contributed by atoms with Gasteiger partial charge in [0.2, 0.25) is 5.91 Å². The first-order valence-electron chi connectivity index (χ1n) is 10.5. The van der Waals surface area contributed by atoms with Crippen LogP contribution < -0.4 is 10.9 Å². The Morgan fingerprint density at radius 1 is 1.12 bits per heavy atom. The third-order valence-electron chi connectivity index (χ3n) is 5.33. The average Bonchev–Trinajstić information content (AvgIpc) is 3.35. The maximum Gasteiger partial charge on any atom is 0.262 e. The van der Waals surface area contributed by atoms with Crippen molar-refractivity contribution in [3.05, 3.63) is 94.3 Å². The van der Waals surface area contributed by atoms with E-state index in [4.69, 9.17) is 16.0 Å². The number of carbonyl (C=O) groups excluding carboxylic acids is 1. The van der Waals surface area contributed by atoms with Gasteiger partial charge in [-0.2, -0.15) is 0 Å². The predicted molar refractivity (Wildman–Crippen MR) is 135 cm³/mol. The molecule has 5 aromatic rings. The lowest BCUT2D eigenvalue weighted by atomic mass is 10.2. The lowest BCUT2D eigenvalue weighted by molar-refractivity contribution is -0.115. The van der Waals surface area contributed by atoms with Crippen molar-refractivity contribution in [2.24, 2.45) is 0 Å². The molecule has 34 heavy (non-hydrogen) atoms. The van der Waals surface area contributed by atoms with E-state index in [-0.39, 0.29) is 18.0 Å². The van der Waals surface area contributed by atoms with Gasteiger partial charge in [0.15, 0.2) is 5.16 Å². The molecule has 3 heterocycles. The van der Waals surface area contributed by atoms with Crippen LogP contribution in [-0.2, 0) is 11.3 Å². The molecule has 0 saturated heterocycles. The summed E-state index contributed by atoms with van der Waals surface area (Å²) >= 11 is 7.33. The number of amides is 1. The Morgan fingerprint density at radius 3 is 2.82 bits per heavy atom. The van der Waals surface area contributed by atoms with Crippen LogP contribution in [0.25, 0.3) is 21.8 Å². The van der Waals surface area contributed by atoms with Gasteiger partial charge in [0.05, 0.1) is 40.2 Å². The maximum absolute atomic E-state index is 13.3. The third kappa shape index (κ3) is 4.42. The monoisotopic (exact) mass is 490 g/mol. The van der Waals surface area contributed by atoms with E-state index in [1.54, 1.807) is 49.7 Å². The lowest BCUT2D eigenvalue weighted by Crippen LogP contribution is -2.27. The summed E-state index contributed by atoms with van der Waals surface area (Å²) in [5.74, 6) is 0.394. The van der Waals surface area contributed by atoms with E-state index in [9.17, 15) is 9.59 Å². The summed E-state index contributed by atoms with van der Waals surface area (Å²) in [6.45, 7) is 1.97. The summed E-state index contributed by atoms with van der Waals surface area (Å²) < 4.78 is 6.97. The molecular weight excluding hydrogens is 472 g/mol. The van der Waals surface area contributed by atoms with Crippen LogP contribution in [0.1, 0.15) is 12.7 Å². The Bertz CT molecular complexity index is 1560. The molecule has 0 saturated carbocycles. The highest BCUT2D eigenvalue weighted by Gasteiger charge is 2.21. The summed E-state index contributed by atoms with van der Waals surface area (Å²) in [6.07, 6.45) is 3.26. The van der Waals surface area contributed by atoms with Crippen molar-refractivity contribution in [1.29, 1.82) is 0 Å². The minimum atomic E-state index is -0.543. The van der Waals surface area contributed by atoms with Crippen molar-refractivity contribution >= 4 is 56.8 Å². The number of furan rings is 1. The van der Waals surface area contributed by atoms with Crippen molar-refractivity contribution in [3.8, 4) is 0 Å². The van der Waals surface area contributed by atoms with E-state index in [1.165, 1.54) is 16.3 Å². The Kier molecular flexibility index (Phi) is 6.08. The molecule has 0 radical (unpaired) electrons. The second kappa shape index (κ2) is 9.32. The number of halogens is 1. The van der Waals surface area contributed by atoms with E-state index in [0.717, 1.165) is 10.9 Å². The number of nitrogens with zero attached hydrogens (tertiary/aromatic N) is 3. The molecule has 0 bridgehead atoms. The molecule has 0 aliphatic carbocycles. The molecule has 0 aliphatic heterocycles. The average molecular weight is 491 g/mol. The van der Waals surface area contributed by atoms with Gasteiger partial charge >= 0.3 is 0 Å². The maximum atomic E-state index is 13.3. The van der Waals surface area contributed by atoms with E-state index in [2.05, 4.69) is 15.3 Å². The quantitative estimate of drug-likeness (QED) is 0.254. The number of pyridine rings is 1. The van der Waals surface area contributed by atoms with Crippen molar-refractivity contribution < 1.29 is 9.21 Å².